The largest absolute Gasteiger partial charge is 0.490 e. The highest BCUT2D eigenvalue weighted by Crippen LogP contribution is 2.30. The van der Waals surface area contributed by atoms with Crippen LogP contribution in [0.25, 0.3) is 0 Å². The zero-order valence-electron chi connectivity index (χ0n) is 27.6. The van der Waals surface area contributed by atoms with Gasteiger partial charge in [0.25, 0.3) is 15.9 Å². The average molecular weight is 706 g/mol. The maximum atomic E-state index is 14.3. The maximum Gasteiger partial charge on any atom is 0.261 e. The number of aliphatic hydroxyl groups excluding tert-OH is 1. The van der Waals surface area contributed by atoms with Gasteiger partial charge in [-0.2, -0.15) is 4.31 Å². The van der Waals surface area contributed by atoms with Gasteiger partial charge in [0.15, 0.2) is 0 Å². The van der Waals surface area contributed by atoms with E-state index in [-0.39, 0.29) is 58.5 Å². The second-order valence-corrected chi connectivity index (χ2v) is 15.9. The third-order valence-corrected chi connectivity index (χ3v) is 11.6. The van der Waals surface area contributed by atoms with Crippen molar-refractivity contribution >= 4 is 31.6 Å². The van der Waals surface area contributed by atoms with E-state index in [4.69, 9.17) is 9.47 Å². The summed E-state index contributed by atoms with van der Waals surface area (Å²) < 4.78 is 82.5. The number of hydrogen-bond acceptors (Lipinski definition) is 8. The molecule has 0 saturated heterocycles. The van der Waals surface area contributed by atoms with Crippen LogP contribution in [0.4, 0.5) is 10.1 Å². The van der Waals surface area contributed by atoms with Crippen molar-refractivity contribution in [1.82, 2.24) is 9.21 Å². The number of hydrogen-bond donors (Lipinski definition) is 2. The van der Waals surface area contributed by atoms with E-state index in [2.05, 4.69) is 4.72 Å². The quantitative estimate of drug-likeness (QED) is 0.325. The second-order valence-electron chi connectivity index (χ2n) is 12.2. The van der Waals surface area contributed by atoms with Gasteiger partial charge in [-0.1, -0.05) is 25.1 Å². The summed E-state index contributed by atoms with van der Waals surface area (Å²) in [5.41, 5.74) is 0.161. The minimum absolute atomic E-state index is 0.0271. The van der Waals surface area contributed by atoms with Crippen molar-refractivity contribution in [2.75, 3.05) is 38.1 Å². The number of ether oxygens (including phenoxy) is 2. The van der Waals surface area contributed by atoms with Gasteiger partial charge >= 0.3 is 0 Å². The van der Waals surface area contributed by atoms with Crippen LogP contribution in [0.1, 0.15) is 50.4 Å². The summed E-state index contributed by atoms with van der Waals surface area (Å²) in [6.45, 7) is 5.53. The summed E-state index contributed by atoms with van der Waals surface area (Å²) in [4.78, 5) is 15.8. The molecule has 4 rings (SSSR count). The molecule has 11 nitrogen and oxygen atoms in total. The molecule has 262 valence electrons. The zero-order valence-corrected chi connectivity index (χ0v) is 29.2. The molecule has 14 heteroatoms. The SMILES string of the molecule is C[C@@H]1CCCCO[C@@H](CN(C)S(=O)(=O)c2ccccc2)[C@H](C)CN([C@H](C)CO)C(=O)c2cc(NS(=O)(=O)c3ccc(F)cc3)ccc2O1. The minimum atomic E-state index is -4.12. The van der Waals surface area contributed by atoms with Crippen molar-refractivity contribution < 1.29 is 40.6 Å². The number of fused-ring (bicyclic) bond motifs is 1. The Labute approximate surface area is 282 Å². The molecule has 0 radical (unpaired) electrons. The monoisotopic (exact) mass is 705 g/mol. The third kappa shape index (κ3) is 9.32. The van der Waals surface area contributed by atoms with E-state index in [9.17, 15) is 31.1 Å². The highest BCUT2D eigenvalue weighted by atomic mass is 32.2. The fourth-order valence-electron chi connectivity index (χ4n) is 5.40. The molecular weight excluding hydrogens is 662 g/mol. The van der Waals surface area contributed by atoms with Crippen LogP contribution < -0.4 is 9.46 Å². The van der Waals surface area contributed by atoms with Crippen molar-refractivity contribution in [1.29, 1.82) is 0 Å². The normalized spacial score (nSPS) is 20.8. The highest BCUT2D eigenvalue weighted by molar-refractivity contribution is 7.92. The molecule has 0 aliphatic carbocycles. The molecule has 1 amide bonds. The highest BCUT2D eigenvalue weighted by Gasteiger charge is 2.32. The van der Waals surface area contributed by atoms with Crippen LogP contribution >= 0.6 is 0 Å². The fourth-order valence-corrected chi connectivity index (χ4v) is 7.65. The predicted molar refractivity (Wildman–Crippen MR) is 180 cm³/mol. The van der Waals surface area contributed by atoms with Gasteiger partial charge in [-0.3, -0.25) is 9.52 Å². The Morgan fingerprint density at radius 3 is 2.35 bits per heavy atom. The van der Waals surface area contributed by atoms with E-state index in [1.165, 1.54) is 46.6 Å². The molecule has 1 heterocycles. The number of benzene rings is 3. The van der Waals surface area contributed by atoms with Gasteiger partial charge in [0.2, 0.25) is 10.0 Å². The number of carbonyl (C=O) groups excluding carboxylic acids is 1. The van der Waals surface area contributed by atoms with Gasteiger partial charge in [-0.05, 0) is 87.7 Å². The first-order valence-corrected chi connectivity index (χ1v) is 18.8. The zero-order chi connectivity index (χ0) is 35.1. The number of aliphatic hydroxyl groups is 1. The Bertz CT molecular complexity index is 1740. The first-order valence-electron chi connectivity index (χ1n) is 15.9. The van der Waals surface area contributed by atoms with Crippen molar-refractivity contribution in [2.24, 2.45) is 5.92 Å². The van der Waals surface area contributed by atoms with E-state index in [0.717, 1.165) is 30.7 Å². The van der Waals surface area contributed by atoms with Gasteiger partial charge < -0.3 is 19.5 Å². The summed E-state index contributed by atoms with van der Waals surface area (Å²) >= 11 is 0. The lowest BCUT2D eigenvalue weighted by molar-refractivity contribution is -0.00833. The molecule has 4 atom stereocenters. The number of nitrogens with one attached hydrogen (secondary N) is 1. The first kappa shape index (κ1) is 37.3. The van der Waals surface area contributed by atoms with Crippen LogP contribution in [-0.2, 0) is 24.8 Å². The third-order valence-electron chi connectivity index (χ3n) is 8.32. The van der Waals surface area contributed by atoms with Crippen LogP contribution in [-0.4, -0.2) is 88.7 Å². The average Bonchev–Trinajstić information content (AvgIpc) is 3.06. The van der Waals surface area contributed by atoms with Crippen LogP contribution in [0.3, 0.4) is 0 Å². The van der Waals surface area contributed by atoms with Crippen LogP contribution in [0.2, 0.25) is 0 Å². The molecule has 1 aliphatic rings. The van der Waals surface area contributed by atoms with Crippen molar-refractivity contribution in [3.05, 3.63) is 84.2 Å². The van der Waals surface area contributed by atoms with Crippen LogP contribution in [0.5, 0.6) is 5.75 Å². The summed E-state index contributed by atoms with van der Waals surface area (Å²) in [6.07, 6.45) is 1.17. The lowest BCUT2D eigenvalue weighted by atomic mass is 10.0. The number of carbonyl (C=O) groups is 1. The molecule has 0 aromatic heterocycles. The topological polar surface area (TPSA) is 143 Å². The van der Waals surface area contributed by atoms with Gasteiger partial charge in [0, 0.05) is 38.3 Å². The lowest BCUT2D eigenvalue weighted by Gasteiger charge is -2.35. The summed E-state index contributed by atoms with van der Waals surface area (Å²) in [7, 11) is -6.44. The van der Waals surface area contributed by atoms with E-state index in [0.29, 0.717) is 19.4 Å². The predicted octanol–water partition coefficient (Wildman–Crippen LogP) is 4.74. The maximum absolute atomic E-state index is 14.3. The van der Waals surface area contributed by atoms with Crippen molar-refractivity contribution in [3.8, 4) is 5.75 Å². The molecule has 0 fully saturated rings. The van der Waals surface area contributed by atoms with Gasteiger partial charge in [-0.15, -0.1) is 0 Å². The van der Waals surface area contributed by atoms with E-state index in [1.54, 1.807) is 25.1 Å². The first-order chi connectivity index (χ1) is 22.7. The van der Waals surface area contributed by atoms with E-state index >= 15 is 0 Å². The Morgan fingerprint density at radius 1 is 1.00 bits per heavy atom. The number of likely N-dealkylation sites (N-methyl/N-ethyl adjacent to an activating group) is 1. The van der Waals surface area contributed by atoms with Crippen molar-refractivity contribution in [2.45, 2.75) is 68.1 Å². The van der Waals surface area contributed by atoms with Crippen LogP contribution in [0.15, 0.2) is 82.6 Å². The van der Waals surface area contributed by atoms with Crippen LogP contribution in [0, 0.1) is 11.7 Å². The number of rotatable bonds is 9. The number of halogens is 1. The Balaban J connectivity index is 1.68. The number of anilines is 1. The summed E-state index contributed by atoms with van der Waals surface area (Å²) in [5.74, 6) is -1.24. The Kier molecular flexibility index (Phi) is 12.6. The van der Waals surface area contributed by atoms with E-state index in [1.807, 2.05) is 13.8 Å². The molecule has 3 aromatic rings. The van der Waals surface area contributed by atoms with E-state index < -0.39 is 43.9 Å². The summed E-state index contributed by atoms with van der Waals surface area (Å²) in [6, 6.07) is 16.2. The van der Waals surface area contributed by atoms with Crippen molar-refractivity contribution in [3.63, 3.8) is 0 Å². The molecule has 2 N–H and O–H groups in total. The number of sulfonamides is 2. The number of amides is 1. The standard InChI is InChI=1S/C34H44FN3O8S2/c1-24-21-38(25(2)23-39)34(40)31-20-28(36-47(41,42)29-16-13-27(35)14-17-29)15-18-32(31)46-26(3)10-8-9-19-45-33(24)22-37(4)48(43,44)30-11-6-5-7-12-30/h5-7,11-18,20,24-26,33,36,39H,8-10,19,21-23H2,1-4H3/t24-,25-,26-,33+/m1/s1. The minimum Gasteiger partial charge on any atom is -0.490 e. The molecule has 3 aromatic carbocycles. The molecule has 0 spiro atoms. The molecular formula is C34H44FN3O8S2. The molecule has 1 aliphatic heterocycles. The molecule has 0 unspecified atom stereocenters. The fraction of sp³-hybridized carbons (Fsp3) is 0.441. The van der Waals surface area contributed by atoms with Gasteiger partial charge in [0.05, 0.1) is 40.2 Å². The summed E-state index contributed by atoms with van der Waals surface area (Å²) in [5, 5.41) is 10.2. The second kappa shape index (κ2) is 16.2. The molecule has 0 saturated carbocycles. The number of nitrogens with zero attached hydrogens (tertiary/aromatic N) is 2. The lowest BCUT2D eigenvalue weighted by Crippen LogP contribution is -2.48. The smallest absolute Gasteiger partial charge is 0.261 e. The molecule has 48 heavy (non-hydrogen) atoms. The Hall–Kier alpha value is -3.56. The molecule has 0 bridgehead atoms. The van der Waals surface area contributed by atoms with Gasteiger partial charge in [-0.25, -0.2) is 21.2 Å². The van der Waals surface area contributed by atoms with Gasteiger partial charge in [0.1, 0.15) is 11.6 Å². The Morgan fingerprint density at radius 2 is 1.69 bits per heavy atom.